The normalized spacial score (nSPS) is 11.3. The molecule has 0 aliphatic heterocycles. The minimum absolute atomic E-state index is 0.0922. The Balaban J connectivity index is 2.61. The number of aliphatic carboxylic acids is 1. The lowest BCUT2D eigenvalue weighted by atomic mass is 10.1. The Morgan fingerprint density at radius 3 is 2.25 bits per heavy atom. The fourth-order valence-corrected chi connectivity index (χ4v) is 1.75. The molecule has 110 valence electrons. The van der Waals surface area contributed by atoms with E-state index in [0.717, 1.165) is 10.6 Å². The molecule has 0 saturated carbocycles. The van der Waals surface area contributed by atoms with Crippen LogP contribution in [0.5, 0.6) is 0 Å². The molecule has 0 aliphatic carbocycles. The molecule has 1 aromatic carbocycles. The van der Waals surface area contributed by atoms with Gasteiger partial charge in [-0.1, -0.05) is 12.1 Å². The number of carboxylic acids is 1. The van der Waals surface area contributed by atoms with Crippen LogP contribution in [-0.2, 0) is 26.0 Å². The van der Waals surface area contributed by atoms with Gasteiger partial charge in [0.1, 0.15) is 0 Å². The summed E-state index contributed by atoms with van der Waals surface area (Å²) in [6.07, 6.45) is 0.923. The first kappa shape index (κ1) is 16.1. The number of amides is 1. The number of carboxylic acid groups (broad SMARTS) is 1. The average Bonchev–Trinajstić information content (AvgIpc) is 2.29. The van der Waals surface area contributed by atoms with Crippen molar-refractivity contribution >= 4 is 27.6 Å². The summed E-state index contributed by atoms with van der Waals surface area (Å²) in [7, 11) is -2.09. The van der Waals surface area contributed by atoms with Crippen LogP contribution in [0, 0.1) is 0 Å². The van der Waals surface area contributed by atoms with Gasteiger partial charge < -0.3 is 10.4 Å². The predicted octanol–water partition coefficient (Wildman–Crippen LogP) is 0.144. The molecule has 8 heteroatoms. The van der Waals surface area contributed by atoms with E-state index in [0.29, 0.717) is 11.3 Å². The van der Waals surface area contributed by atoms with E-state index < -0.39 is 21.9 Å². The second-order valence-electron chi connectivity index (χ2n) is 4.33. The number of benzene rings is 1. The molecule has 0 heterocycles. The maximum Gasteiger partial charge on any atom is 0.307 e. The summed E-state index contributed by atoms with van der Waals surface area (Å²) in [6, 6.07) is 6.31. The van der Waals surface area contributed by atoms with Gasteiger partial charge in [-0.15, -0.1) is 0 Å². The molecule has 0 saturated heterocycles. The summed E-state index contributed by atoms with van der Waals surface area (Å²) in [4.78, 5) is 22.1. The molecule has 2 N–H and O–H groups in total. The minimum atomic E-state index is -3.40. The lowest BCUT2D eigenvalue weighted by Gasteiger charge is -2.13. The van der Waals surface area contributed by atoms with Gasteiger partial charge in [0.2, 0.25) is 15.9 Å². The topological polar surface area (TPSA) is 104 Å². The van der Waals surface area contributed by atoms with E-state index in [1.807, 2.05) is 0 Å². The molecule has 0 atom stereocenters. The Kier molecular flexibility index (Phi) is 5.23. The molecule has 0 unspecified atom stereocenters. The Labute approximate surface area is 117 Å². The predicted molar refractivity (Wildman–Crippen MR) is 73.9 cm³/mol. The summed E-state index contributed by atoms with van der Waals surface area (Å²) >= 11 is 0. The number of nitrogens with one attached hydrogen (secondary N) is 1. The minimum Gasteiger partial charge on any atom is -0.481 e. The molecule has 1 rings (SSSR count). The zero-order chi connectivity index (χ0) is 15.3. The Morgan fingerprint density at radius 2 is 1.80 bits per heavy atom. The fraction of sp³-hybridized carbons (Fsp3) is 0.333. The van der Waals surface area contributed by atoms with Gasteiger partial charge in [-0.3, -0.25) is 9.59 Å². The number of anilines is 1. The number of carbonyl (C=O) groups is 2. The zero-order valence-corrected chi connectivity index (χ0v) is 12.0. The largest absolute Gasteiger partial charge is 0.481 e. The number of hydrogen-bond acceptors (Lipinski definition) is 4. The van der Waals surface area contributed by atoms with Crippen LogP contribution in [0.3, 0.4) is 0 Å². The molecule has 0 fully saturated rings. The standard InChI is InChI=1S/C12H16N2O5S/c1-14(20(2,18)19)8-11(15)13-10-5-3-9(4-6-10)7-12(16)17/h3-6H,7-8H2,1-2H3,(H,13,15)(H,16,17). The highest BCUT2D eigenvalue weighted by Crippen LogP contribution is 2.10. The summed E-state index contributed by atoms with van der Waals surface area (Å²) in [5.74, 6) is -1.40. The van der Waals surface area contributed by atoms with E-state index in [9.17, 15) is 18.0 Å². The van der Waals surface area contributed by atoms with Crippen molar-refractivity contribution in [3.63, 3.8) is 0 Å². The number of carbonyl (C=O) groups excluding carboxylic acids is 1. The lowest BCUT2D eigenvalue weighted by Crippen LogP contribution is -2.34. The first-order valence-electron chi connectivity index (χ1n) is 5.70. The third kappa shape index (κ3) is 5.37. The van der Waals surface area contributed by atoms with Gasteiger partial charge in [-0.25, -0.2) is 8.42 Å². The van der Waals surface area contributed by atoms with Crippen molar-refractivity contribution in [2.24, 2.45) is 0 Å². The molecular formula is C12H16N2O5S. The first-order chi connectivity index (χ1) is 9.18. The number of nitrogens with zero attached hydrogens (tertiary/aromatic N) is 1. The molecule has 0 aromatic heterocycles. The van der Waals surface area contributed by atoms with E-state index in [4.69, 9.17) is 5.11 Å². The van der Waals surface area contributed by atoms with Crippen molar-refractivity contribution in [3.8, 4) is 0 Å². The smallest absolute Gasteiger partial charge is 0.307 e. The Morgan fingerprint density at radius 1 is 1.25 bits per heavy atom. The molecule has 20 heavy (non-hydrogen) atoms. The van der Waals surface area contributed by atoms with Crippen LogP contribution in [0.15, 0.2) is 24.3 Å². The number of hydrogen-bond donors (Lipinski definition) is 2. The Hall–Kier alpha value is -1.93. The summed E-state index contributed by atoms with van der Waals surface area (Å²) < 4.78 is 23.2. The van der Waals surface area contributed by atoms with E-state index >= 15 is 0 Å². The number of likely N-dealkylation sites (N-methyl/N-ethyl adjacent to an activating group) is 1. The van der Waals surface area contributed by atoms with Gasteiger partial charge in [0.15, 0.2) is 0 Å². The zero-order valence-electron chi connectivity index (χ0n) is 11.2. The van der Waals surface area contributed by atoms with Crippen molar-refractivity contribution in [1.82, 2.24) is 4.31 Å². The monoisotopic (exact) mass is 300 g/mol. The quantitative estimate of drug-likeness (QED) is 0.778. The van der Waals surface area contributed by atoms with Crippen molar-refractivity contribution in [2.75, 3.05) is 25.2 Å². The molecule has 0 radical (unpaired) electrons. The van der Waals surface area contributed by atoms with Crippen LogP contribution >= 0.6 is 0 Å². The highest BCUT2D eigenvalue weighted by atomic mass is 32.2. The van der Waals surface area contributed by atoms with Crippen molar-refractivity contribution in [1.29, 1.82) is 0 Å². The van der Waals surface area contributed by atoms with Crippen molar-refractivity contribution < 1.29 is 23.1 Å². The molecular weight excluding hydrogens is 284 g/mol. The van der Waals surface area contributed by atoms with Crippen LogP contribution in [0.25, 0.3) is 0 Å². The van der Waals surface area contributed by atoms with Gasteiger partial charge in [0.05, 0.1) is 19.2 Å². The molecule has 1 aromatic rings. The molecule has 0 bridgehead atoms. The maximum atomic E-state index is 11.6. The van der Waals surface area contributed by atoms with Gasteiger partial charge in [-0.05, 0) is 17.7 Å². The number of sulfonamides is 1. The third-order valence-electron chi connectivity index (χ3n) is 2.53. The van der Waals surface area contributed by atoms with E-state index in [1.54, 1.807) is 24.3 Å². The average molecular weight is 300 g/mol. The van der Waals surface area contributed by atoms with Crippen LogP contribution in [0.2, 0.25) is 0 Å². The summed E-state index contributed by atoms with van der Waals surface area (Å²) in [5.41, 5.74) is 1.09. The highest BCUT2D eigenvalue weighted by molar-refractivity contribution is 7.88. The van der Waals surface area contributed by atoms with E-state index in [-0.39, 0.29) is 13.0 Å². The maximum absolute atomic E-state index is 11.6. The molecule has 7 nitrogen and oxygen atoms in total. The highest BCUT2D eigenvalue weighted by Gasteiger charge is 2.15. The second-order valence-corrected chi connectivity index (χ2v) is 6.42. The number of rotatable bonds is 6. The van der Waals surface area contributed by atoms with Crippen molar-refractivity contribution in [2.45, 2.75) is 6.42 Å². The van der Waals surface area contributed by atoms with Crippen LogP contribution in [0.4, 0.5) is 5.69 Å². The second kappa shape index (κ2) is 6.49. The first-order valence-corrected chi connectivity index (χ1v) is 7.55. The Bertz CT molecular complexity index is 595. The van der Waals surface area contributed by atoms with Crippen LogP contribution < -0.4 is 5.32 Å². The van der Waals surface area contributed by atoms with Gasteiger partial charge in [0.25, 0.3) is 0 Å². The van der Waals surface area contributed by atoms with Gasteiger partial charge >= 0.3 is 5.97 Å². The lowest BCUT2D eigenvalue weighted by molar-refractivity contribution is -0.136. The third-order valence-corrected chi connectivity index (χ3v) is 3.79. The van der Waals surface area contributed by atoms with Crippen LogP contribution in [-0.4, -0.2) is 49.6 Å². The fourth-order valence-electron chi connectivity index (χ4n) is 1.40. The van der Waals surface area contributed by atoms with E-state index in [2.05, 4.69) is 5.32 Å². The van der Waals surface area contributed by atoms with Gasteiger partial charge in [-0.2, -0.15) is 4.31 Å². The molecule has 0 spiro atoms. The molecule has 1 amide bonds. The van der Waals surface area contributed by atoms with E-state index in [1.165, 1.54) is 7.05 Å². The van der Waals surface area contributed by atoms with Crippen molar-refractivity contribution in [3.05, 3.63) is 29.8 Å². The van der Waals surface area contributed by atoms with Gasteiger partial charge in [0, 0.05) is 12.7 Å². The molecule has 0 aliphatic rings. The summed E-state index contributed by atoms with van der Waals surface area (Å²) in [6.45, 7) is -0.282. The SMILES string of the molecule is CN(CC(=O)Nc1ccc(CC(=O)O)cc1)S(C)(=O)=O. The van der Waals surface area contributed by atoms with Crippen LogP contribution in [0.1, 0.15) is 5.56 Å². The summed E-state index contributed by atoms with van der Waals surface area (Å²) in [5, 5.41) is 11.2.